The lowest BCUT2D eigenvalue weighted by Gasteiger charge is -2.15. The van der Waals surface area contributed by atoms with Gasteiger partial charge in [0.05, 0.1) is 11.6 Å². The van der Waals surface area contributed by atoms with E-state index in [4.69, 9.17) is 22.1 Å². The van der Waals surface area contributed by atoms with Gasteiger partial charge in [-0.15, -0.1) is 0 Å². The molecule has 3 N–H and O–H groups in total. The first-order valence-corrected chi connectivity index (χ1v) is 8.31. The lowest BCUT2D eigenvalue weighted by atomic mass is 10.1. The SMILES string of the molecule is C[C@@H](NC(=O)COC(=O)c1cc(Br)ccc1N)c1ccccc1Cl. The topological polar surface area (TPSA) is 81.4 Å². The molecule has 0 saturated carbocycles. The van der Waals surface area contributed by atoms with Crippen LogP contribution in [-0.4, -0.2) is 18.5 Å². The molecular formula is C17H16BrClN2O3. The Morgan fingerprint density at radius 2 is 2.00 bits per heavy atom. The number of nitrogens with one attached hydrogen (secondary N) is 1. The number of nitrogens with two attached hydrogens (primary N) is 1. The van der Waals surface area contributed by atoms with Crippen LogP contribution in [0.3, 0.4) is 0 Å². The molecule has 126 valence electrons. The molecule has 0 bridgehead atoms. The highest BCUT2D eigenvalue weighted by molar-refractivity contribution is 9.10. The molecule has 1 atom stereocenters. The number of amides is 1. The molecule has 0 radical (unpaired) electrons. The molecule has 2 aromatic rings. The van der Waals surface area contributed by atoms with Crippen LogP contribution in [0.1, 0.15) is 28.9 Å². The van der Waals surface area contributed by atoms with Crippen LogP contribution in [0.15, 0.2) is 46.9 Å². The fourth-order valence-electron chi connectivity index (χ4n) is 2.10. The molecule has 0 aromatic heterocycles. The molecule has 2 aromatic carbocycles. The zero-order valence-corrected chi connectivity index (χ0v) is 15.2. The van der Waals surface area contributed by atoms with Crippen molar-refractivity contribution in [1.82, 2.24) is 5.32 Å². The van der Waals surface area contributed by atoms with E-state index in [0.717, 1.165) is 5.56 Å². The molecule has 0 spiro atoms. The van der Waals surface area contributed by atoms with Crippen LogP contribution < -0.4 is 11.1 Å². The minimum Gasteiger partial charge on any atom is -0.452 e. The molecule has 0 saturated heterocycles. The second-order valence-electron chi connectivity index (χ2n) is 5.12. The first kappa shape index (κ1) is 18.3. The molecule has 0 aliphatic carbocycles. The predicted octanol–water partition coefficient (Wildman–Crippen LogP) is 3.72. The van der Waals surface area contributed by atoms with Crippen LogP contribution in [0.5, 0.6) is 0 Å². The number of hydrogen-bond acceptors (Lipinski definition) is 4. The minimum atomic E-state index is -0.658. The number of hydrogen-bond donors (Lipinski definition) is 2. The van der Waals surface area contributed by atoms with E-state index in [-0.39, 0.29) is 17.3 Å². The van der Waals surface area contributed by atoms with Gasteiger partial charge in [0.2, 0.25) is 0 Å². The van der Waals surface area contributed by atoms with Gasteiger partial charge >= 0.3 is 5.97 Å². The Labute approximate surface area is 153 Å². The number of ether oxygens (including phenoxy) is 1. The van der Waals surface area contributed by atoms with Crippen molar-refractivity contribution >= 4 is 45.1 Å². The van der Waals surface area contributed by atoms with E-state index in [1.807, 2.05) is 18.2 Å². The van der Waals surface area contributed by atoms with E-state index < -0.39 is 18.5 Å². The molecule has 0 heterocycles. The van der Waals surface area contributed by atoms with Crippen LogP contribution in [0, 0.1) is 0 Å². The van der Waals surface area contributed by atoms with Gasteiger partial charge in [0, 0.05) is 15.2 Å². The summed E-state index contributed by atoms with van der Waals surface area (Å²) in [6.45, 7) is 1.40. The number of nitrogen functional groups attached to an aromatic ring is 1. The number of anilines is 1. The molecule has 0 unspecified atom stereocenters. The summed E-state index contributed by atoms with van der Waals surface area (Å²) < 4.78 is 5.70. The maximum atomic E-state index is 12.0. The summed E-state index contributed by atoms with van der Waals surface area (Å²) in [5.41, 5.74) is 7.01. The van der Waals surface area contributed by atoms with Gasteiger partial charge < -0.3 is 15.8 Å². The Balaban J connectivity index is 1.92. The third-order valence-corrected chi connectivity index (χ3v) is 4.16. The normalized spacial score (nSPS) is 11.6. The third kappa shape index (κ3) is 4.72. The summed E-state index contributed by atoms with van der Waals surface area (Å²) in [6, 6.07) is 11.7. The van der Waals surface area contributed by atoms with Crippen molar-refractivity contribution in [3.8, 4) is 0 Å². The first-order valence-electron chi connectivity index (χ1n) is 7.14. The number of benzene rings is 2. The number of carbonyl (C=O) groups excluding carboxylic acids is 2. The van der Waals surface area contributed by atoms with Gasteiger partial charge in [-0.3, -0.25) is 4.79 Å². The summed E-state index contributed by atoms with van der Waals surface area (Å²) in [4.78, 5) is 24.0. The molecule has 7 heteroatoms. The Morgan fingerprint density at radius 1 is 1.29 bits per heavy atom. The van der Waals surface area contributed by atoms with E-state index in [2.05, 4.69) is 21.2 Å². The molecule has 0 aliphatic rings. The van der Waals surface area contributed by atoms with Gasteiger partial charge in [-0.1, -0.05) is 45.7 Å². The van der Waals surface area contributed by atoms with Crippen molar-refractivity contribution in [3.05, 3.63) is 63.1 Å². The Hall–Kier alpha value is -2.05. The van der Waals surface area contributed by atoms with E-state index in [1.165, 1.54) is 0 Å². The average molecular weight is 412 g/mol. The maximum absolute atomic E-state index is 12.0. The van der Waals surface area contributed by atoms with Gasteiger partial charge in [0.15, 0.2) is 6.61 Å². The molecule has 0 fully saturated rings. The number of carbonyl (C=O) groups is 2. The lowest BCUT2D eigenvalue weighted by Crippen LogP contribution is -2.31. The second kappa shape index (κ2) is 8.17. The minimum absolute atomic E-state index is 0.205. The largest absolute Gasteiger partial charge is 0.452 e. The summed E-state index contributed by atoms with van der Waals surface area (Å²) in [5.74, 6) is -1.08. The lowest BCUT2D eigenvalue weighted by molar-refractivity contribution is -0.124. The van der Waals surface area contributed by atoms with Gasteiger partial charge in [0.1, 0.15) is 0 Å². The summed E-state index contributed by atoms with van der Waals surface area (Å²) in [6.07, 6.45) is 0. The van der Waals surface area contributed by atoms with Crippen LogP contribution in [0.2, 0.25) is 5.02 Å². The van der Waals surface area contributed by atoms with Crippen LogP contribution in [0.4, 0.5) is 5.69 Å². The van der Waals surface area contributed by atoms with Gasteiger partial charge in [0.25, 0.3) is 5.91 Å². The van der Waals surface area contributed by atoms with E-state index >= 15 is 0 Å². The van der Waals surface area contributed by atoms with Crippen molar-refractivity contribution in [2.75, 3.05) is 12.3 Å². The number of rotatable bonds is 5. The highest BCUT2D eigenvalue weighted by Crippen LogP contribution is 2.22. The van der Waals surface area contributed by atoms with Crippen molar-refractivity contribution in [2.45, 2.75) is 13.0 Å². The van der Waals surface area contributed by atoms with Crippen molar-refractivity contribution in [3.63, 3.8) is 0 Å². The van der Waals surface area contributed by atoms with Crippen LogP contribution >= 0.6 is 27.5 Å². The predicted molar refractivity (Wildman–Crippen MR) is 96.8 cm³/mol. The van der Waals surface area contributed by atoms with Crippen LogP contribution in [0.25, 0.3) is 0 Å². The molecule has 5 nitrogen and oxygen atoms in total. The molecule has 24 heavy (non-hydrogen) atoms. The maximum Gasteiger partial charge on any atom is 0.340 e. The zero-order valence-electron chi connectivity index (χ0n) is 12.9. The Bertz CT molecular complexity index is 767. The standard InChI is InChI=1S/C17H16BrClN2O3/c1-10(12-4-2-3-5-14(12)19)21-16(22)9-24-17(23)13-8-11(18)6-7-15(13)20/h2-8,10H,9,20H2,1H3,(H,21,22)/t10-/m1/s1. The van der Waals surface area contributed by atoms with E-state index in [0.29, 0.717) is 9.50 Å². The molecule has 1 amide bonds. The van der Waals surface area contributed by atoms with Crippen molar-refractivity contribution < 1.29 is 14.3 Å². The van der Waals surface area contributed by atoms with Crippen molar-refractivity contribution in [2.24, 2.45) is 0 Å². The van der Waals surface area contributed by atoms with Gasteiger partial charge in [-0.05, 0) is 36.8 Å². The fourth-order valence-corrected chi connectivity index (χ4v) is 2.76. The molecule has 2 rings (SSSR count). The Kier molecular flexibility index (Phi) is 6.23. The average Bonchev–Trinajstić information content (AvgIpc) is 2.55. The van der Waals surface area contributed by atoms with E-state index in [9.17, 15) is 9.59 Å². The van der Waals surface area contributed by atoms with Gasteiger partial charge in [-0.25, -0.2) is 4.79 Å². The van der Waals surface area contributed by atoms with Crippen molar-refractivity contribution in [1.29, 1.82) is 0 Å². The summed E-state index contributed by atoms with van der Waals surface area (Å²) >= 11 is 9.34. The highest BCUT2D eigenvalue weighted by Gasteiger charge is 2.16. The fraction of sp³-hybridized carbons (Fsp3) is 0.176. The monoisotopic (exact) mass is 410 g/mol. The third-order valence-electron chi connectivity index (χ3n) is 3.32. The summed E-state index contributed by atoms with van der Waals surface area (Å²) in [7, 11) is 0. The second-order valence-corrected chi connectivity index (χ2v) is 6.44. The van der Waals surface area contributed by atoms with E-state index in [1.54, 1.807) is 31.2 Å². The molecule has 0 aliphatic heterocycles. The quantitative estimate of drug-likeness (QED) is 0.580. The zero-order chi connectivity index (χ0) is 17.7. The first-order chi connectivity index (χ1) is 11.4. The number of esters is 1. The highest BCUT2D eigenvalue weighted by atomic mass is 79.9. The Morgan fingerprint density at radius 3 is 2.71 bits per heavy atom. The molecular weight excluding hydrogens is 396 g/mol. The smallest absolute Gasteiger partial charge is 0.340 e. The summed E-state index contributed by atoms with van der Waals surface area (Å²) in [5, 5.41) is 3.29. The van der Waals surface area contributed by atoms with Crippen LogP contribution in [-0.2, 0) is 9.53 Å². The van der Waals surface area contributed by atoms with Gasteiger partial charge in [-0.2, -0.15) is 0 Å². The number of halogens is 2.